The number of ether oxygens (including phenoxy) is 1. The number of nitrogens with zero attached hydrogens (tertiary/aromatic N) is 2. The highest BCUT2D eigenvalue weighted by Gasteiger charge is 2.36. The molecule has 0 saturated carbocycles. The van der Waals surface area contributed by atoms with Gasteiger partial charge in [0, 0.05) is 18.5 Å². The van der Waals surface area contributed by atoms with Crippen molar-refractivity contribution in [1.29, 1.82) is 0 Å². The van der Waals surface area contributed by atoms with Gasteiger partial charge in [-0.2, -0.15) is 0 Å². The van der Waals surface area contributed by atoms with Gasteiger partial charge in [-0.3, -0.25) is 4.90 Å². The second-order valence-electron chi connectivity index (χ2n) is 6.66. The second-order valence-corrected chi connectivity index (χ2v) is 7.55. The molecule has 22 heavy (non-hydrogen) atoms. The lowest BCUT2D eigenvalue weighted by Gasteiger charge is -2.32. The fourth-order valence-corrected chi connectivity index (χ4v) is 4.48. The largest absolute Gasteiger partial charge is 0.461 e. The van der Waals surface area contributed by atoms with Crippen molar-refractivity contribution in [1.82, 2.24) is 15.2 Å². The van der Waals surface area contributed by atoms with Crippen LogP contribution in [0.1, 0.15) is 54.6 Å². The molecule has 1 aromatic heterocycles. The zero-order valence-corrected chi connectivity index (χ0v) is 14.2. The van der Waals surface area contributed by atoms with Gasteiger partial charge in [0.25, 0.3) is 0 Å². The number of carbonyl (C=O) groups is 1. The molecule has 122 valence electrons. The summed E-state index contributed by atoms with van der Waals surface area (Å²) in [7, 11) is 0. The smallest absolute Gasteiger partial charge is 0.357 e. The third kappa shape index (κ3) is 3.34. The van der Waals surface area contributed by atoms with Crippen LogP contribution in [0.2, 0.25) is 0 Å². The lowest BCUT2D eigenvalue weighted by Crippen LogP contribution is -2.37. The van der Waals surface area contributed by atoms with E-state index in [1.54, 1.807) is 11.3 Å². The average Bonchev–Trinajstić information content (AvgIpc) is 3.19. The normalized spacial score (nSPS) is 29.1. The highest BCUT2D eigenvalue weighted by atomic mass is 32.1. The zero-order chi connectivity index (χ0) is 15.6. The minimum absolute atomic E-state index is 0.304. The predicted octanol–water partition coefficient (Wildman–Crippen LogP) is 2.46. The van der Waals surface area contributed by atoms with Crippen LogP contribution in [0.15, 0.2) is 5.38 Å². The Hall–Kier alpha value is -0.980. The van der Waals surface area contributed by atoms with E-state index in [1.165, 1.54) is 12.8 Å². The summed E-state index contributed by atoms with van der Waals surface area (Å²) in [6.07, 6.45) is 3.59. The Morgan fingerprint density at radius 3 is 3.23 bits per heavy atom. The van der Waals surface area contributed by atoms with Crippen molar-refractivity contribution in [2.75, 3.05) is 32.8 Å². The maximum atomic E-state index is 11.8. The molecule has 0 amide bonds. The zero-order valence-electron chi connectivity index (χ0n) is 13.4. The van der Waals surface area contributed by atoms with Crippen LogP contribution in [0.25, 0.3) is 0 Å². The average molecular weight is 323 g/mol. The Morgan fingerprint density at radius 2 is 2.50 bits per heavy atom. The number of carbonyl (C=O) groups excluding carboxylic acids is 1. The first-order valence-corrected chi connectivity index (χ1v) is 9.06. The molecule has 3 heterocycles. The highest BCUT2D eigenvalue weighted by Crippen LogP contribution is 2.37. The molecule has 1 N–H and O–H groups in total. The second kappa shape index (κ2) is 6.64. The fourth-order valence-electron chi connectivity index (χ4n) is 3.53. The van der Waals surface area contributed by atoms with Crippen LogP contribution in [0.3, 0.4) is 0 Å². The van der Waals surface area contributed by atoms with E-state index in [0.29, 0.717) is 23.8 Å². The van der Waals surface area contributed by atoms with Gasteiger partial charge in [0.15, 0.2) is 5.69 Å². The summed E-state index contributed by atoms with van der Waals surface area (Å²) in [5.41, 5.74) is 0.825. The van der Waals surface area contributed by atoms with Gasteiger partial charge in [0.05, 0.1) is 12.6 Å². The quantitative estimate of drug-likeness (QED) is 0.844. The third-order valence-corrected chi connectivity index (χ3v) is 5.64. The molecule has 2 fully saturated rings. The topological polar surface area (TPSA) is 54.5 Å². The van der Waals surface area contributed by atoms with Gasteiger partial charge < -0.3 is 10.1 Å². The van der Waals surface area contributed by atoms with Gasteiger partial charge in [-0.05, 0) is 44.7 Å². The monoisotopic (exact) mass is 323 g/mol. The molecule has 2 unspecified atom stereocenters. The molecule has 3 rings (SSSR count). The van der Waals surface area contributed by atoms with E-state index in [1.807, 2.05) is 12.3 Å². The van der Waals surface area contributed by atoms with Gasteiger partial charge in [0.1, 0.15) is 5.01 Å². The van der Waals surface area contributed by atoms with Crippen molar-refractivity contribution in [2.24, 2.45) is 5.41 Å². The number of hydrogen-bond donors (Lipinski definition) is 1. The van der Waals surface area contributed by atoms with Gasteiger partial charge in [-0.1, -0.05) is 6.92 Å². The number of nitrogens with one attached hydrogen (secondary N) is 1. The first kappa shape index (κ1) is 15.9. The molecule has 0 radical (unpaired) electrons. The predicted molar refractivity (Wildman–Crippen MR) is 87.2 cm³/mol. The summed E-state index contributed by atoms with van der Waals surface area (Å²) in [5.74, 6) is -0.304. The van der Waals surface area contributed by atoms with Gasteiger partial charge in [-0.15, -0.1) is 11.3 Å². The Morgan fingerprint density at radius 1 is 1.64 bits per heavy atom. The van der Waals surface area contributed by atoms with Crippen LogP contribution in [0.4, 0.5) is 0 Å². The van der Waals surface area contributed by atoms with E-state index in [9.17, 15) is 4.79 Å². The first-order chi connectivity index (χ1) is 10.6. The van der Waals surface area contributed by atoms with Crippen LogP contribution < -0.4 is 5.32 Å². The molecular weight excluding hydrogens is 298 g/mol. The van der Waals surface area contributed by atoms with Crippen molar-refractivity contribution in [3.63, 3.8) is 0 Å². The number of aromatic nitrogens is 1. The number of hydrogen-bond acceptors (Lipinski definition) is 6. The Labute approximate surface area is 136 Å². The number of esters is 1. The molecule has 0 aliphatic carbocycles. The highest BCUT2D eigenvalue weighted by molar-refractivity contribution is 7.09. The van der Waals surface area contributed by atoms with Gasteiger partial charge in [-0.25, -0.2) is 9.78 Å². The van der Waals surface area contributed by atoms with Crippen LogP contribution in [-0.2, 0) is 4.74 Å². The standard InChI is InChI=1S/C16H25N3O2S/c1-3-21-15(20)12-9-22-14(18-12)13-5-4-8-19(13)11-16(2)6-7-17-10-16/h9,13,17H,3-8,10-11H2,1-2H3. The van der Waals surface area contributed by atoms with Crippen molar-refractivity contribution >= 4 is 17.3 Å². The van der Waals surface area contributed by atoms with E-state index in [0.717, 1.165) is 37.6 Å². The van der Waals surface area contributed by atoms with Gasteiger partial charge >= 0.3 is 5.97 Å². The molecule has 0 aromatic carbocycles. The first-order valence-electron chi connectivity index (χ1n) is 8.19. The Kier molecular flexibility index (Phi) is 4.80. The van der Waals surface area contributed by atoms with E-state index in [4.69, 9.17) is 4.74 Å². The van der Waals surface area contributed by atoms with Crippen LogP contribution in [0.5, 0.6) is 0 Å². The fraction of sp³-hybridized carbons (Fsp3) is 0.750. The Bertz CT molecular complexity index is 525. The maximum Gasteiger partial charge on any atom is 0.357 e. The molecule has 5 nitrogen and oxygen atoms in total. The summed E-state index contributed by atoms with van der Waals surface area (Å²) in [4.78, 5) is 18.9. The molecule has 2 atom stereocenters. The summed E-state index contributed by atoms with van der Waals surface area (Å²) in [5, 5.41) is 6.37. The summed E-state index contributed by atoms with van der Waals surface area (Å²) in [6.45, 7) is 9.05. The van der Waals surface area contributed by atoms with Crippen molar-refractivity contribution in [2.45, 2.75) is 39.2 Å². The van der Waals surface area contributed by atoms with Crippen molar-refractivity contribution in [3.8, 4) is 0 Å². The third-order valence-electron chi connectivity index (χ3n) is 4.70. The van der Waals surface area contributed by atoms with Crippen LogP contribution in [-0.4, -0.2) is 48.6 Å². The van der Waals surface area contributed by atoms with E-state index in [-0.39, 0.29) is 5.97 Å². The molecular formula is C16H25N3O2S. The Balaban J connectivity index is 1.69. The summed E-state index contributed by atoms with van der Waals surface area (Å²) in [6, 6.07) is 0.366. The van der Waals surface area contributed by atoms with Gasteiger partial charge in [0.2, 0.25) is 0 Å². The molecule has 2 aliphatic rings. The molecule has 1 aromatic rings. The molecule has 2 saturated heterocycles. The molecule has 6 heteroatoms. The number of likely N-dealkylation sites (tertiary alicyclic amines) is 1. The maximum absolute atomic E-state index is 11.8. The van der Waals surface area contributed by atoms with Crippen LogP contribution in [0, 0.1) is 5.41 Å². The molecule has 0 bridgehead atoms. The molecule has 0 spiro atoms. The molecule has 2 aliphatic heterocycles. The van der Waals surface area contributed by atoms with E-state index in [2.05, 4.69) is 22.1 Å². The minimum atomic E-state index is -0.304. The summed E-state index contributed by atoms with van der Waals surface area (Å²) < 4.78 is 5.04. The minimum Gasteiger partial charge on any atom is -0.461 e. The SMILES string of the molecule is CCOC(=O)c1csc(C2CCCN2CC2(C)CCNC2)n1. The summed E-state index contributed by atoms with van der Waals surface area (Å²) >= 11 is 1.59. The van der Waals surface area contributed by atoms with E-state index < -0.39 is 0 Å². The number of thiazole rings is 1. The van der Waals surface area contributed by atoms with Crippen molar-refractivity contribution < 1.29 is 9.53 Å². The van der Waals surface area contributed by atoms with Crippen LogP contribution >= 0.6 is 11.3 Å². The lowest BCUT2D eigenvalue weighted by molar-refractivity contribution is 0.0519. The lowest BCUT2D eigenvalue weighted by atomic mass is 9.89. The number of rotatable bonds is 5. The van der Waals surface area contributed by atoms with E-state index >= 15 is 0 Å². The van der Waals surface area contributed by atoms with Crippen molar-refractivity contribution in [3.05, 3.63) is 16.1 Å².